The molecule has 5 rings (SSSR count). The van der Waals surface area contributed by atoms with Gasteiger partial charge in [0, 0.05) is 22.9 Å². The second-order valence-corrected chi connectivity index (χ2v) is 8.35. The van der Waals surface area contributed by atoms with Crippen LogP contribution in [0.1, 0.15) is 18.9 Å². The summed E-state index contributed by atoms with van der Waals surface area (Å²) in [4.78, 5) is 31.1. The summed E-state index contributed by atoms with van der Waals surface area (Å²) in [6.45, 7) is 1.90. The van der Waals surface area contributed by atoms with Crippen molar-refractivity contribution in [3.05, 3.63) is 52.6 Å². The normalized spacial score (nSPS) is 25.9. The van der Waals surface area contributed by atoms with Gasteiger partial charge in [0.2, 0.25) is 5.95 Å². The van der Waals surface area contributed by atoms with E-state index in [-0.39, 0.29) is 11.5 Å². The van der Waals surface area contributed by atoms with Crippen LogP contribution in [0, 0.1) is 11.9 Å². The number of pyridine rings is 2. The van der Waals surface area contributed by atoms with E-state index in [0.29, 0.717) is 38.5 Å². The average molecular weight is 397 g/mol. The largest absolute Gasteiger partial charge is 0.379 e. The minimum Gasteiger partial charge on any atom is -0.379 e. The Kier molecular flexibility index (Phi) is 3.66. The number of thioether (sulfide) groups is 1. The fraction of sp³-hybridized carbons (Fsp3) is 0.278. The minimum absolute atomic E-state index is 0.235. The van der Waals surface area contributed by atoms with Gasteiger partial charge in [-0.2, -0.15) is 4.39 Å². The standard InChI is InChI=1S/C18H16FN7OS/c1-18(9-5-12(9)28-17(20)26-18)10-4-8(6-23-15(10)19)24-16-14-11(2-3-21-16)25-13(27)7-22-14/h2-4,6-7,9,12H,5H2,1H3,(H2,20,26)(H,21,24)(H,25,27)/t9?,12?,18-/m0/s1. The zero-order valence-electron chi connectivity index (χ0n) is 14.8. The molecular weight excluding hydrogens is 381 g/mol. The number of halogens is 1. The molecule has 10 heteroatoms. The van der Waals surface area contributed by atoms with Crippen molar-refractivity contribution in [2.45, 2.75) is 24.1 Å². The summed E-state index contributed by atoms with van der Waals surface area (Å²) in [6.07, 6.45) is 5.09. The van der Waals surface area contributed by atoms with Gasteiger partial charge in [0.05, 0.1) is 29.1 Å². The fourth-order valence-corrected chi connectivity index (χ4v) is 5.01. The number of aliphatic imine (C=N–C) groups is 1. The van der Waals surface area contributed by atoms with E-state index < -0.39 is 11.5 Å². The second-order valence-electron chi connectivity index (χ2n) is 7.09. The van der Waals surface area contributed by atoms with Crippen LogP contribution in [-0.4, -0.2) is 30.4 Å². The van der Waals surface area contributed by atoms with Crippen molar-refractivity contribution in [3.63, 3.8) is 0 Å². The lowest BCUT2D eigenvalue weighted by Gasteiger charge is -2.30. The maximum absolute atomic E-state index is 14.6. The lowest BCUT2D eigenvalue weighted by molar-refractivity contribution is 0.400. The Bertz CT molecular complexity index is 1200. The molecule has 1 fully saturated rings. The first-order valence-corrected chi connectivity index (χ1v) is 9.61. The molecule has 0 radical (unpaired) electrons. The van der Waals surface area contributed by atoms with Crippen LogP contribution in [0.2, 0.25) is 0 Å². The molecule has 4 N–H and O–H groups in total. The molecule has 1 aliphatic carbocycles. The first-order valence-electron chi connectivity index (χ1n) is 8.73. The molecule has 4 heterocycles. The number of hydrogen-bond donors (Lipinski definition) is 3. The van der Waals surface area contributed by atoms with E-state index in [1.54, 1.807) is 30.1 Å². The van der Waals surface area contributed by atoms with E-state index in [4.69, 9.17) is 5.73 Å². The first kappa shape index (κ1) is 17.1. The van der Waals surface area contributed by atoms with Crippen LogP contribution in [0.5, 0.6) is 0 Å². The van der Waals surface area contributed by atoms with Crippen LogP contribution >= 0.6 is 11.8 Å². The number of amidine groups is 1. The lowest BCUT2D eigenvalue weighted by Crippen LogP contribution is -2.32. The van der Waals surface area contributed by atoms with Gasteiger partial charge >= 0.3 is 0 Å². The fourth-order valence-electron chi connectivity index (χ4n) is 3.72. The summed E-state index contributed by atoms with van der Waals surface area (Å²) in [5.74, 6) is 0.110. The number of nitrogens with two attached hydrogens (primary N) is 1. The van der Waals surface area contributed by atoms with Gasteiger partial charge < -0.3 is 16.0 Å². The van der Waals surface area contributed by atoms with Crippen molar-refractivity contribution in [3.8, 4) is 0 Å². The highest BCUT2D eigenvalue weighted by molar-refractivity contribution is 8.14. The van der Waals surface area contributed by atoms with Gasteiger partial charge in [-0.1, -0.05) is 11.8 Å². The van der Waals surface area contributed by atoms with Gasteiger partial charge in [-0.15, -0.1) is 0 Å². The van der Waals surface area contributed by atoms with E-state index in [2.05, 4.69) is 30.2 Å². The summed E-state index contributed by atoms with van der Waals surface area (Å²) in [6, 6.07) is 3.35. The molecule has 1 aliphatic heterocycles. The molecule has 0 bridgehead atoms. The van der Waals surface area contributed by atoms with E-state index in [1.165, 1.54) is 12.4 Å². The van der Waals surface area contributed by atoms with Crippen LogP contribution in [0.25, 0.3) is 11.0 Å². The molecule has 2 aliphatic rings. The molecule has 0 saturated heterocycles. The molecule has 8 nitrogen and oxygen atoms in total. The van der Waals surface area contributed by atoms with Gasteiger partial charge in [-0.05, 0) is 25.5 Å². The number of nitrogens with zero attached hydrogens (tertiary/aromatic N) is 4. The smallest absolute Gasteiger partial charge is 0.266 e. The zero-order chi connectivity index (χ0) is 19.5. The molecule has 3 atom stereocenters. The van der Waals surface area contributed by atoms with E-state index >= 15 is 0 Å². The second kappa shape index (κ2) is 5.99. The first-order chi connectivity index (χ1) is 13.4. The Balaban J connectivity index is 1.56. The predicted octanol–water partition coefficient (Wildman–Crippen LogP) is 2.26. The third-order valence-electron chi connectivity index (χ3n) is 5.21. The number of rotatable bonds is 3. The number of aromatic amines is 1. The summed E-state index contributed by atoms with van der Waals surface area (Å²) < 4.78 is 14.6. The predicted molar refractivity (Wildman–Crippen MR) is 106 cm³/mol. The van der Waals surface area contributed by atoms with Crippen LogP contribution in [0.15, 0.2) is 40.5 Å². The van der Waals surface area contributed by atoms with Crippen molar-refractivity contribution < 1.29 is 4.39 Å². The number of nitrogens with one attached hydrogen (secondary N) is 2. The average Bonchev–Trinajstić information content (AvgIpc) is 3.43. The summed E-state index contributed by atoms with van der Waals surface area (Å²) in [7, 11) is 0. The van der Waals surface area contributed by atoms with Crippen molar-refractivity contribution in [1.82, 2.24) is 19.9 Å². The molecule has 0 spiro atoms. The van der Waals surface area contributed by atoms with Gasteiger partial charge in [0.25, 0.3) is 5.56 Å². The van der Waals surface area contributed by atoms with Gasteiger partial charge in [0.1, 0.15) is 5.52 Å². The number of fused-ring (bicyclic) bond motifs is 2. The van der Waals surface area contributed by atoms with Gasteiger partial charge in [-0.3, -0.25) is 9.79 Å². The summed E-state index contributed by atoms with van der Waals surface area (Å²) in [5.41, 5.74) is 6.91. The molecule has 3 aromatic rings. The van der Waals surface area contributed by atoms with Gasteiger partial charge in [-0.25, -0.2) is 15.0 Å². The third kappa shape index (κ3) is 2.71. The number of anilines is 2. The third-order valence-corrected chi connectivity index (χ3v) is 6.37. The van der Waals surface area contributed by atoms with Crippen molar-refractivity contribution >= 4 is 39.5 Å². The Hall–Kier alpha value is -3.01. The van der Waals surface area contributed by atoms with Crippen molar-refractivity contribution in [1.29, 1.82) is 0 Å². The molecular formula is C18H16FN7OS. The number of aromatic nitrogens is 4. The highest BCUT2D eigenvalue weighted by Crippen LogP contribution is 2.57. The van der Waals surface area contributed by atoms with Gasteiger partial charge in [0.15, 0.2) is 11.0 Å². The lowest BCUT2D eigenvalue weighted by atomic mass is 9.88. The SMILES string of the molecule is C[C@]1(c2cc(Nc3nccc4[nH]c(=O)cnc34)cnc2F)N=C(N)SC2CC21. The maximum atomic E-state index is 14.6. The highest BCUT2D eigenvalue weighted by Gasteiger charge is 2.55. The Morgan fingerprint density at radius 2 is 2.21 bits per heavy atom. The number of H-pyrrole nitrogens is 1. The van der Waals surface area contributed by atoms with E-state index in [9.17, 15) is 9.18 Å². The molecule has 0 aromatic carbocycles. The van der Waals surface area contributed by atoms with Crippen LogP contribution in [0.4, 0.5) is 15.9 Å². The highest BCUT2D eigenvalue weighted by atomic mass is 32.2. The molecule has 0 amide bonds. The van der Waals surface area contributed by atoms with E-state index in [0.717, 1.165) is 6.42 Å². The topological polar surface area (TPSA) is 122 Å². The zero-order valence-corrected chi connectivity index (χ0v) is 15.6. The summed E-state index contributed by atoms with van der Waals surface area (Å²) in [5, 5.41) is 3.97. The van der Waals surface area contributed by atoms with E-state index in [1.807, 2.05) is 6.92 Å². The Morgan fingerprint density at radius 1 is 1.36 bits per heavy atom. The monoisotopic (exact) mass is 397 g/mol. The molecule has 2 unspecified atom stereocenters. The van der Waals surface area contributed by atoms with Crippen LogP contribution < -0.4 is 16.6 Å². The molecule has 142 valence electrons. The maximum Gasteiger partial charge on any atom is 0.266 e. The number of hydrogen-bond acceptors (Lipinski definition) is 8. The van der Waals surface area contributed by atoms with Crippen LogP contribution in [-0.2, 0) is 5.54 Å². The molecule has 3 aromatic heterocycles. The Morgan fingerprint density at radius 3 is 3.07 bits per heavy atom. The molecule has 1 saturated carbocycles. The Labute approximate surface area is 162 Å². The quantitative estimate of drug-likeness (QED) is 0.580. The van der Waals surface area contributed by atoms with Crippen molar-refractivity contribution in [2.75, 3.05) is 5.32 Å². The minimum atomic E-state index is -0.746. The summed E-state index contributed by atoms with van der Waals surface area (Å²) >= 11 is 1.55. The molecule has 28 heavy (non-hydrogen) atoms. The van der Waals surface area contributed by atoms with Crippen LogP contribution in [0.3, 0.4) is 0 Å². The van der Waals surface area contributed by atoms with Crippen molar-refractivity contribution in [2.24, 2.45) is 16.6 Å².